The first kappa shape index (κ1) is 25.1. The van der Waals surface area contributed by atoms with Gasteiger partial charge in [0.25, 0.3) is 5.91 Å². The van der Waals surface area contributed by atoms with Gasteiger partial charge in [-0.15, -0.1) is 0 Å². The Bertz CT molecular complexity index is 1130. The highest BCUT2D eigenvalue weighted by atomic mass is 19.4. The van der Waals surface area contributed by atoms with Crippen LogP contribution in [0.2, 0.25) is 0 Å². The normalized spacial score (nSPS) is 18.1. The van der Waals surface area contributed by atoms with Crippen LogP contribution in [-0.4, -0.2) is 58.5 Å². The number of piperidine rings is 1. The summed E-state index contributed by atoms with van der Waals surface area (Å²) >= 11 is 0. The lowest BCUT2D eigenvalue weighted by molar-refractivity contribution is -0.145. The van der Waals surface area contributed by atoms with Crippen LogP contribution in [0.5, 0.6) is 5.75 Å². The number of amides is 2. The molecule has 1 aromatic heterocycles. The highest BCUT2D eigenvalue weighted by molar-refractivity contribution is 5.94. The van der Waals surface area contributed by atoms with Crippen LogP contribution >= 0.6 is 0 Å². The van der Waals surface area contributed by atoms with E-state index in [1.807, 2.05) is 25.7 Å². The van der Waals surface area contributed by atoms with Gasteiger partial charge in [-0.2, -0.15) is 13.2 Å². The van der Waals surface area contributed by atoms with Crippen LogP contribution in [-0.2, 0) is 23.1 Å². The van der Waals surface area contributed by atoms with E-state index < -0.39 is 23.3 Å². The first-order valence-corrected chi connectivity index (χ1v) is 11.8. The molecule has 1 fully saturated rings. The van der Waals surface area contributed by atoms with Gasteiger partial charge in [-0.25, -0.2) is 0 Å². The number of rotatable bonds is 5. The molecule has 2 amide bonds. The van der Waals surface area contributed by atoms with E-state index >= 15 is 0 Å². The number of likely N-dealkylation sites (tertiary alicyclic amines) is 1. The number of halogens is 3. The molecule has 1 aromatic carbocycles. The number of nitrogens with two attached hydrogens (primary N) is 1. The minimum absolute atomic E-state index is 0. The van der Waals surface area contributed by atoms with Crippen molar-refractivity contribution in [3.63, 3.8) is 0 Å². The first-order chi connectivity index (χ1) is 16.4. The number of aromatic nitrogens is 1. The zero-order valence-electron chi connectivity index (χ0n) is 20.2. The lowest BCUT2D eigenvalue weighted by Crippen LogP contribution is -2.59. The lowest BCUT2D eigenvalue weighted by atomic mass is 9.80. The van der Waals surface area contributed by atoms with Crippen LogP contribution in [0.1, 0.15) is 56.9 Å². The van der Waals surface area contributed by atoms with E-state index in [0.29, 0.717) is 37.2 Å². The van der Waals surface area contributed by atoms with Crippen molar-refractivity contribution in [3.8, 4) is 5.75 Å². The van der Waals surface area contributed by atoms with Gasteiger partial charge in [-0.05, 0) is 69.5 Å². The molecule has 0 atom stereocenters. The van der Waals surface area contributed by atoms with Gasteiger partial charge in [0, 0.05) is 40.3 Å². The highest BCUT2D eigenvalue weighted by Crippen LogP contribution is 2.44. The molecule has 0 aliphatic carbocycles. The number of alkyl halides is 3. The third-order valence-corrected chi connectivity index (χ3v) is 6.96. The number of carbonyl (C=O) groups excluding carboxylic acids is 2. The summed E-state index contributed by atoms with van der Waals surface area (Å²) in [6.07, 6.45) is -3.64. The predicted molar refractivity (Wildman–Crippen MR) is 128 cm³/mol. The van der Waals surface area contributed by atoms with Gasteiger partial charge in [0.1, 0.15) is 11.4 Å². The fourth-order valence-corrected chi connectivity index (χ4v) is 5.38. The molecular formula is C25H35F3N4O3. The Kier molecular flexibility index (Phi) is 6.61. The molecule has 0 unspecified atom stereocenters. The number of aryl methyl sites for hydroxylation is 1. The Morgan fingerprint density at radius 2 is 1.80 bits per heavy atom. The van der Waals surface area contributed by atoms with Gasteiger partial charge >= 0.3 is 6.18 Å². The van der Waals surface area contributed by atoms with E-state index in [1.165, 1.54) is 10.6 Å². The van der Waals surface area contributed by atoms with E-state index in [2.05, 4.69) is 0 Å². The highest BCUT2D eigenvalue weighted by Gasteiger charge is 2.49. The summed E-state index contributed by atoms with van der Waals surface area (Å²) in [4.78, 5) is 28.6. The van der Waals surface area contributed by atoms with Gasteiger partial charge in [0.15, 0.2) is 0 Å². The molecule has 35 heavy (non-hydrogen) atoms. The maximum absolute atomic E-state index is 13.6. The smallest absolute Gasteiger partial charge is 0.431 e. The molecule has 1 saturated heterocycles. The van der Waals surface area contributed by atoms with E-state index in [9.17, 15) is 22.8 Å². The summed E-state index contributed by atoms with van der Waals surface area (Å²) in [6, 6.07) is 7.93. The molecule has 10 heteroatoms. The number of fused-ring (bicyclic) bond motifs is 2. The van der Waals surface area contributed by atoms with Crippen LogP contribution in [0.3, 0.4) is 0 Å². The van der Waals surface area contributed by atoms with Gasteiger partial charge in [-0.1, -0.05) is 0 Å². The van der Waals surface area contributed by atoms with Crippen LogP contribution in [0.15, 0.2) is 30.3 Å². The average Bonchev–Trinajstić information content (AvgIpc) is 3.23. The van der Waals surface area contributed by atoms with E-state index in [1.54, 1.807) is 23.1 Å². The van der Waals surface area contributed by atoms with Gasteiger partial charge in [0.2, 0.25) is 5.91 Å². The molecule has 0 saturated carbocycles. The van der Waals surface area contributed by atoms with Crippen molar-refractivity contribution >= 4 is 11.8 Å². The Labute approximate surface area is 205 Å². The number of hydrogen-bond acceptors (Lipinski definition) is 4. The predicted octanol–water partition coefficient (Wildman–Crippen LogP) is 4.03. The summed E-state index contributed by atoms with van der Waals surface area (Å²) in [6.45, 7) is 6.81. The van der Waals surface area contributed by atoms with E-state index in [4.69, 9.17) is 10.5 Å². The van der Waals surface area contributed by atoms with Gasteiger partial charge < -0.3 is 19.9 Å². The van der Waals surface area contributed by atoms with Crippen molar-refractivity contribution in [3.05, 3.63) is 52.8 Å². The average molecular weight is 497 g/mol. The summed E-state index contributed by atoms with van der Waals surface area (Å²) in [5.41, 5.74) is 5.91. The molecule has 2 aliphatic rings. The van der Waals surface area contributed by atoms with Crippen LogP contribution in [0.25, 0.3) is 0 Å². The fourth-order valence-electron chi connectivity index (χ4n) is 5.38. The summed E-state index contributed by atoms with van der Waals surface area (Å²) in [5.74, 6) is 0.0560. The molecule has 2 aromatic rings. The molecule has 2 aliphatic heterocycles. The van der Waals surface area contributed by atoms with Crippen LogP contribution in [0, 0.1) is 6.92 Å². The van der Waals surface area contributed by atoms with Crippen molar-refractivity contribution < 1.29 is 30.4 Å². The summed E-state index contributed by atoms with van der Waals surface area (Å²) < 4.78 is 47.8. The quantitative estimate of drug-likeness (QED) is 0.678. The minimum atomic E-state index is -4.47. The summed E-state index contributed by atoms with van der Waals surface area (Å²) in [5, 5.41) is 0. The molecule has 2 N–H and O–H groups in total. The number of carbonyl (C=O) groups is 2. The van der Waals surface area contributed by atoms with Crippen molar-refractivity contribution in [1.29, 1.82) is 0 Å². The van der Waals surface area contributed by atoms with Crippen molar-refractivity contribution in [2.45, 2.75) is 58.0 Å². The van der Waals surface area contributed by atoms with E-state index in [-0.39, 0.29) is 34.5 Å². The Morgan fingerprint density at radius 1 is 1.11 bits per heavy atom. The maximum atomic E-state index is 13.6. The fraction of sp³-hybridized carbons (Fsp3) is 0.520. The van der Waals surface area contributed by atoms with E-state index in [0.717, 1.165) is 17.4 Å². The number of ether oxygens (including phenoxy) is 1. The minimum Gasteiger partial charge on any atom is -0.491 e. The Morgan fingerprint density at radius 3 is 2.37 bits per heavy atom. The monoisotopic (exact) mass is 496 g/mol. The first-order valence-electron chi connectivity index (χ1n) is 11.8. The largest absolute Gasteiger partial charge is 0.491 e. The topological polar surface area (TPSA) is 80.8 Å². The van der Waals surface area contributed by atoms with Crippen LogP contribution in [0.4, 0.5) is 13.2 Å². The molecule has 194 valence electrons. The molecule has 1 spiro atoms. The summed E-state index contributed by atoms with van der Waals surface area (Å²) in [7, 11) is 0. The zero-order valence-corrected chi connectivity index (χ0v) is 20.2. The third-order valence-electron chi connectivity index (χ3n) is 6.96. The molecular weight excluding hydrogens is 461 g/mol. The molecule has 4 rings (SSSR count). The molecule has 0 bridgehead atoms. The molecule has 3 heterocycles. The molecule has 7 nitrogen and oxygen atoms in total. The standard InChI is InChI=1S/C25H31F3N4O3.2H2/c1-16(2)35-19-5-4-18(14-17(19)3)23(34)30-10-8-24(9-11-30)20-6-7-21(25(26,27)28)32(20)13-12-31(24)15-22(29)33;;/h4-7,14,16H,8-13,15H2,1-3H3,(H2,29,33);2*1H. The second kappa shape index (κ2) is 9.22. The van der Waals surface area contributed by atoms with Crippen molar-refractivity contribution in [2.24, 2.45) is 5.73 Å². The Hall–Kier alpha value is -3.01. The third kappa shape index (κ3) is 4.76. The van der Waals surface area contributed by atoms with Crippen molar-refractivity contribution in [1.82, 2.24) is 14.4 Å². The second-order valence-corrected chi connectivity index (χ2v) is 9.61. The van der Waals surface area contributed by atoms with Crippen LogP contribution < -0.4 is 10.5 Å². The maximum Gasteiger partial charge on any atom is 0.431 e. The lowest BCUT2D eigenvalue weighted by Gasteiger charge is -2.51. The Balaban J connectivity index is 0.00000241. The second-order valence-electron chi connectivity index (χ2n) is 9.61. The van der Waals surface area contributed by atoms with Gasteiger partial charge in [0.05, 0.1) is 18.2 Å². The number of benzene rings is 1. The van der Waals surface area contributed by atoms with Gasteiger partial charge in [-0.3, -0.25) is 14.5 Å². The zero-order chi connectivity index (χ0) is 25.5. The number of nitrogens with zero attached hydrogens (tertiary/aromatic N) is 3. The SMILES string of the molecule is Cc1cc(C(=O)N2CCC3(CC2)c2ccc(C(F)(F)F)n2CCN3CC(N)=O)ccc1OC(C)C.[HH].[HH]. The number of hydrogen-bond donors (Lipinski definition) is 1. The molecule has 0 radical (unpaired) electrons. The van der Waals surface area contributed by atoms with Crippen molar-refractivity contribution in [2.75, 3.05) is 26.2 Å². The number of primary amides is 1.